The van der Waals surface area contributed by atoms with Crippen molar-refractivity contribution in [3.8, 4) is 11.8 Å². The standard InChI is InChI=1S/C14H12BrN3O2/c1-8-3-4-11(10(15)5-8)18-7-9(6-16)12(17)13(18)14(19)20-2/h3-5,7H,17H2,1-2H3. The molecular formula is C14H12BrN3O2. The summed E-state index contributed by atoms with van der Waals surface area (Å²) in [6.07, 6.45) is 1.52. The first-order chi connectivity index (χ1) is 9.49. The van der Waals surface area contributed by atoms with Gasteiger partial charge in [0.25, 0.3) is 0 Å². The summed E-state index contributed by atoms with van der Waals surface area (Å²) in [4.78, 5) is 11.9. The lowest BCUT2D eigenvalue weighted by molar-refractivity contribution is 0.0593. The van der Waals surface area contributed by atoms with Crippen LogP contribution in [0, 0.1) is 18.3 Å². The third kappa shape index (κ3) is 2.28. The van der Waals surface area contributed by atoms with Crippen LogP contribution in [0.25, 0.3) is 5.69 Å². The molecule has 0 saturated heterocycles. The second kappa shape index (κ2) is 5.39. The number of benzene rings is 1. The summed E-state index contributed by atoms with van der Waals surface area (Å²) in [5.74, 6) is -0.587. The molecule has 1 heterocycles. The first kappa shape index (κ1) is 14.2. The van der Waals surface area contributed by atoms with Gasteiger partial charge in [-0.2, -0.15) is 5.26 Å². The zero-order valence-corrected chi connectivity index (χ0v) is 12.6. The van der Waals surface area contributed by atoms with Crippen LogP contribution in [0.1, 0.15) is 21.6 Å². The molecule has 0 bridgehead atoms. The van der Waals surface area contributed by atoms with Crippen LogP contribution in [0.5, 0.6) is 0 Å². The number of nitrogen functional groups attached to an aromatic ring is 1. The van der Waals surface area contributed by atoms with Crippen LogP contribution in [-0.4, -0.2) is 17.6 Å². The van der Waals surface area contributed by atoms with Gasteiger partial charge in [-0.1, -0.05) is 6.07 Å². The van der Waals surface area contributed by atoms with E-state index in [0.29, 0.717) is 5.69 Å². The van der Waals surface area contributed by atoms with Crippen molar-refractivity contribution in [2.45, 2.75) is 6.92 Å². The van der Waals surface area contributed by atoms with E-state index in [0.717, 1.165) is 10.0 Å². The zero-order chi connectivity index (χ0) is 14.9. The number of nitrogens with two attached hydrogens (primary N) is 1. The van der Waals surface area contributed by atoms with E-state index in [2.05, 4.69) is 15.9 Å². The molecule has 1 aromatic heterocycles. The minimum Gasteiger partial charge on any atom is -0.464 e. The highest BCUT2D eigenvalue weighted by atomic mass is 79.9. The van der Waals surface area contributed by atoms with Crippen molar-refractivity contribution >= 4 is 27.6 Å². The van der Waals surface area contributed by atoms with E-state index in [4.69, 9.17) is 15.7 Å². The van der Waals surface area contributed by atoms with Gasteiger partial charge in [-0.25, -0.2) is 4.79 Å². The molecule has 0 saturated carbocycles. The van der Waals surface area contributed by atoms with Crippen molar-refractivity contribution in [2.75, 3.05) is 12.8 Å². The molecule has 5 nitrogen and oxygen atoms in total. The molecule has 2 N–H and O–H groups in total. The van der Waals surface area contributed by atoms with Crippen LogP contribution in [0.2, 0.25) is 0 Å². The Morgan fingerprint density at radius 3 is 2.75 bits per heavy atom. The van der Waals surface area contributed by atoms with Gasteiger partial charge in [-0.15, -0.1) is 0 Å². The van der Waals surface area contributed by atoms with Gasteiger partial charge >= 0.3 is 5.97 Å². The maximum atomic E-state index is 11.9. The minimum absolute atomic E-state index is 0.117. The lowest BCUT2D eigenvalue weighted by Gasteiger charge is -2.10. The Morgan fingerprint density at radius 1 is 1.50 bits per heavy atom. The number of methoxy groups -OCH3 is 1. The number of anilines is 1. The van der Waals surface area contributed by atoms with E-state index >= 15 is 0 Å². The Labute approximate surface area is 124 Å². The van der Waals surface area contributed by atoms with Gasteiger partial charge in [0.15, 0.2) is 5.69 Å². The van der Waals surface area contributed by atoms with Crippen LogP contribution in [0.4, 0.5) is 5.69 Å². The molecular weight excluding hydrogens is 322 g/mol. The molecule has 0 amide bonds. The van der Waals surface area contributed by atoms with Gasteiger partial charge in [0.2, 0.25) is 0 Å². The largest absolute Gasteiger partial charge is 0.464 e. The van der Waals surface area contributed by atoms with E-state index in [1.165, 1.54) is 13.3 Å². The van der Waals surface area contributed by atoms with Gasteiger partial charge in [0.1, 0.15) is 6.07 Å². The molecule has 20 heavy (non-hydrogen) atoms. The lowest BCUT2D eigenvalue weighted by atomic mass is 10.2. The maximum absolute atomic E-state index is 11.9. The third-order valence-electron chi connectivity index (χ3n) is 2.91. The fourth-order valence-electron chi connectivity index (χ4n) is 1.91. The SMILES string of the molecule is COC(=O)c1c(N)c(C#N)cn1-c1ccc(C)cc1Br. The number of aryl methyl sites for hydroxylation is 1. The Bertz CT molecular complexity index is 729. The van der Waals surface area contributed by atoms with E-state index < -0.39 is 5.97 Å². The Hall–Kier alpha value is -2.26. The highest BCUT2D eigenvalue weighted by molar-refractivity contribution is 9.10. The number of rotatable bonds is 2. The van der Waals surface area contributed by atoms with Crippen molar-refractivity contribution < 1.29 is 9.53 Å². The van der Waals surface area contributed by atoms with Crippen LogP contribution < -0.4 is 5.73 Å². The fraction of sp³-hybridized carbons (Fsp3) is 0.143. The van der Waals surface area contributed by atoms with Gasteiger partial charge in [0, 0.05) is 10.7 Å². The number of ether oxygens (including phenoxy) is 1. The molecule has 1 aromatic carbocycles. The lowest BCUT2D eigenvalue weighted by Crippen LogP contribution is -2.11. The van der Waals surface area contributed by atoms with Crippen LogP contribution in [0.15, 0.2) is 28.9 Å². The number of esters is 1. The number of carbonyl (C=O) groups excluding carboxylic acids is 1. The van der Waals surface area contributed by atoms with Crippen LogP contribution in [0.3, 0.4) is 0 Å². The average Bonchev–Trinajstić information content (AvgIpc) is 2.74. The summed E-state index contributed by atoms with van der Waals surface area (Å²) >= 11 is 3.45. The quantitative estimate of drug-likeness (QED) is 0.857. The van der Waals surface area contributed by atoms with Crippen molar-refractivity contribution in [1.29, 1.82) is 5.26 Å². The second-order valence-electron chi connectivity index (χ2n) is 4.23. The highest BCUT2D eigenvalue weighted by Gasteiger charge is 2.22. The second-order valence-corrected chi connectivity index (χ2v) is 5.09. The van der Waals surface area contributed by atoms with Crippen molar-refractivity contribution in [2.24, 2.45) is 0 Å². The Kier molecular flexibility index (Phi) is 3.81. The first-order valence-corrected chi connectivity index (χ1v) is 6.54. The summed E-state index contributed by atoms with van der Waals surface area (Å²) in [6, 6.07) is 7.63. The number of hydrogen-bond donors (Lipinski definition) is 1. The maximum Gasteiger partial charge on any atom is 0.357 e. The Morgan fingerprint density at radius 2 is 2.20 bits per heavy atom. The summed E-state index contributed by atoms with van der Waals surface area (Å²) in [5.41, 5.74) is 8.13. The summed E-state index contributed by atoms with van der Waals surface area (Å²) < 4.78 is 7.09. The minimum atomic E-state index is -0.587. The van der Waals surface area contributed by atoms with E-state index in [1.807, 2.05) is 31.2 Å². The molecule has 2 rings (SSSR count). The van der Waals surface area contributed by atoms with Gasteiger partial charge in [0.05, 0.1) is 24.0 Å². The predicted molar refractivity (Wildman–Crippen MR) is 78.7 cm³/mol. The Balaban J connectivity index is 2.74. The van der Waals surface area contributed by atoms with Crippen molar-refractivity contribution in [3.63, 3.8) is 0 Å². The number of halogens is 1. The normalized spacial score (nSPS) is 10.1. The van der Waals surface area contributed by atoms with E-state index in [-0.39, 0.29) is 16.9 Å². The number of aromatic nitrogens is 1. The first-order valence-electron chi connectivity index (χ1n) is 5.75. The number of nitrogens with zero attached hydrogens (tertiary/aromatic N) is 2. The van der Waals surface area contributed by atoms with Gasteiger partial charge < -0.3 is 15.0 Å². The molecule has 2 aromatic rings. The van der Waals surface area contributed by atoms with Crippen LogP contribution in [-0.2, 0) is 4.74 Å². The molecule has 6 heteroatoms. The van der Waals surface area contributed by atoms with Gasteiger partial charge in [-0.3, -0.25) is 0 Å². The molecule has 0 spiro atoms. The fourth-order valence-corrected chi connectivity index (χ4v) is 2.60. The molecule has 0 radical (unpaired) electrons. The smallest absolute Gasteiger partial charge is 0.357 e. The van der Waals surface area contributed by atoms with E-state index in [9.17, 15) is 4.79 Å². The summed E-state index contributed by atoms with van der Waals surface area (Å²) in [6.45, 7) is 1.96. The number of hydrogen-bond acceptors (Lipinski definition) is 4. The monoisotopic (exact) mass is 333 g/mol. The van der Waals surface area contributed by atoms with Crippen molar-refractivity contribution in [3.05, 3.63) is 45.7 Å². The highest BCUT2D eigenvalue weighted by Crippen LogP contribution is 2.29. The predicted octanol–water partition coefficient (Wildman–Crippen LogP) is 2.79. The number of carbonyl (C=O) groups is 1. The molecule has 0 unspecified atom stereocenters. The molecule has 102 valence electrons. The molecule has 0 aliphatic heterocycles. The summed E-state index contributed by atoms with van der Waals surface area (Å²) in [7, 11) is 1.27. The molecule has 0 fully saturated rings. The topological polar surface area (TPSA) is 81.0 Å². The molecule has 0 aliphatic carbocycles. The van der Waals surface area contributed by atoms with Crippen LogP contribution >= 0.6 is 15.9 Å². The van der Waals surface area contributed by atoms with E-state index in [1.54, 1.807) is 4.57 Å². The number of nitriles is 1. The summed E-state index contributed by atoms with van der Waals surface area (Å²) in [5, 5.41) is 9.06. The van der Waals surface area contributed by atoms with Gasteiger partial charge in [-0.05, 0) is 40.5 Å². The molecule has 0 aliphatic rings. The average molecular weight is 334 g/mol. The van der Waals surface area contributed by atoms with Crippen molar-refractivity contribution in [1.82, 2.24) is 4.57 Å². The zero-order valence-electron chi connectivity index (χ0n) is 11.0. The molecule has 0 atom stereocenters. The third-order valence-corrected chi connectivity index (χ3v) is 3.54.